The van der Waals surface area contributed by atoms with Gasteiger partial charge in [-0.3, -0.25) is 4.79 Å². The minimum Gasteiger partial charge on any atom is -0.466 e. The summed E-state index contributed by atoms with van der Waals surface area (Å²) < 4.78 is 4.87. The first kappa shape index (κ1) is 12.2. The van der Waals surface area contributed by atoms with E-state index in [9.17, 15) is 4.79 Å². The van der Waals surface area contributed by atoms with Crippen LogP contribution in [0.1, 0.15) is 24.5 Å². The van der Waals surface area contributed by atoms with Gasteiger partial charge in [0.1, 0.15) is 0 Å². The van der Waals surface area contributed by atoms with E-state index in [0.717, 1.165) is 11.8 Å². The second-order valence-electron chi connectivity index (χ2n) is 3.26. The Hall–Kier alpha value is -0.830. The van der Waals surface area contributed by atoms with Gasteiger partial charge in [0, 0.05) is 11.8 Å². The molecule has 0 aromatic heterocycles. The second kappa shape index (κ2) is 6.62. The number of hydrogen-bond donors (Lipinski definition) is 0. The Bertz CT molecular complexity index is 323. The molecule has 0 fully saturated rings. The lowest BCUT2D eigenvalue weighted by Gasteiger charge is -2.03. The van der Waals surface area contributed by atoms with Crippen LogP contribution in [0.3, 0.4) is 0 Å². The van der Waals surface area contributed by atoms with Crippen molar-refractivity contribution < 1.29 is 9.53 Å². The van der Waals surface area contributed by atoms with Crippen molar-refractivity contribution in [3.05, 3.63) is 35.4 Å². The fraction of sp³-hybridized carbons (Fsp3) is 0.417. The number of carbonyl (C=O) groups is 1. The molecule has 0 aliphatic rings. The highest BCUT2D eigenvalue weighted by molar-refractivity contribution is 9.08. The Kier molecular flexibility index (Phi) is 5.40. The Balaban J connectivity index is 2.46. The molecule has 82 valence electrons. The topological polar surface area (TPSA) is 26.3 Å². The average molecular weight is 271 g/mol. The lowest BCUT2D eigenvalue weighted by molar-refractivity contribution is -0.143. The van der Waals surface area contributed by atoms with E-state index in [2.05, 4.69) is 28.1 Å². The lowest BCUT2D eigenvalue weighted by atomic mass is 10.1. The van der Waals surface area contributed by atoms with Crippen molar-refractivity contribution in [2.45, 2.75) is 25.1 Å². The van der Waals surface area contributed by atoms with Crippen LogP contribution in [-0.4, -0.2) is 12.6 Å². The minimum absolute atomic E-state index is 0.123. The first-order valence-electron chi connectivity index (χ1n) is 5.05. The molecule has 0 heterocycles. The summed E-state index contributed by atoms with van der Waals surface area (Å²) in [5.74, 6) is -0.123. The molecule has 0 N–H and O–H groups in total. The first-order valence-corrected chi connectivity index (χ1v) is 6.17. The number of aryl methyl sites for hydroxylation is 1. The molecule has 0 spiro atoms. The lowest BCUT2D eigenvalue weighted by Crippen LogP contribution is -2.05. The van der Waals surface area contributed by atoms with Gasteiger partial charge in [-0.2, -0.15) is 0 Å². The van der Waals surface area contributed by atoms with Crippen molar-refractivity contribution in [3.8, 4) is 0 Å². The van der Waals surface area contributed by atoms with Crippen molar-refractivity contribution in [2.24, 2.45) is 0 Å². The largest absolute Gasteiger partial charge is 0.466 e. The van der Waals surface area contributed by atoms with Crippen molar-refractivity contribution in [1.29, 1.82) is 0 Å². The predicted octanol–water partition coefficient (Wildman–Crippen LogP) is 3.08. The maximum atomic E-state index is 11.1. The number of alkyl halides is 1. The maximum Gasteiger partial charge on any atom is 0.306 e. The SMILES string of the molecule is CCOC(=O)CCc1cccc(CBr)c1. The first-order chi connectivity index (χ1) is 7.26. The summed E-state index contributed by atoms with van der Waals surface area (Å²) in [7, 11) is 0. The molecule has 0 aliphatic heterocycles. The zero-order chi connectivity index (χ0) is 11.1. The standard InChI is InChI=1S/C12H15BrO2/c1-2-15-12(14)7-6-10-4-3-5-11(8-10)9-13/h3-5,8H,2,6-7,9H2,1H3. The quantitative estimate of drug-likeness (QED) is 0.607. The number of benzene rings is 1. The van der Waals surface area contributed by atoms with E-state index in [1.165, 1.54) is 11.1 Å². The van der Waals surface area contributed by atoms with Crippen LogP contribution in [0.4, 0.5) is 0 Å². The molecule has 0 unspecified atom stereocenters. The molecule has 0 radical (unpaired) electrons. The number of esters is 1. The highest BCUT2D eigenvalue weighted by Crippen LogP contribution is 2.10. The highest BCUT2D eigenvalue weighted by Gasteiger charge is 2.02. The summed E-state index contributed by atoms with van der Waals surface area (Å²) in [5.41, 5.74) is 2.41. The third kappa shape index (κ3) is 4.47. The molecule has 0 aliphatic carbocycles. The molecule has 0 saturated carbocycles. The molecule has 2 nitrogen and oxygen atoms in total. The summed E-state index contributed by atoms with van der Waals surface area (Å²) in [5, 5.41) is 0.847. The van der Waals surface area contributed by atoms with E-state index in [-0.39, 0.29) is 5.97 Å². The van der Waals surface area contributed by atoms with Crippen molar-refractivity contribution in [2.75, 3.05) is 6.61 Å². The summed E-state index contributed by atoms with van der Waals surface area (Å²) in [6.07, 6.45) is 1.21. The summed E-state index contributed by atoms with van der Waals surface area (Å²) in [4.78, 5) is 11.1. The van der Waals surface area contributed by atoms with Gasteiger partial charge in [-0.1, -0.05) is 40.2 Å². The van der Waals surface area contributed by atoms with Crippen molar-refractivity contribution in [3.63, 3.8) is 0 Å². The molecule has 0 amide bonds. The number of halogens is 1. The number of carbonyl (C=O) groups excluding carboxylic acids is 1. The third-order valence-corrected chi connectivity index (χ3v) is 2.72. The van der Waals surface area contributed by atoms with Crippen LogP contribution in [0.2, 0.25) is 0 Å². The van der Waals surface area contributed by atoms with E-state index in [0.29, 0.717) is 13.0 Å². The zero-order valence-corrected chi connectivity index (χ0v) is 10.4. The molecular weight excluding hydrogens is 256 g/mol. The van der Waals surface area contributed by atoms with E-state index in [1.807, 2.05) is 19.1 Å². The smallest absolute Gasteiger partial charge is 0.306 e. The van der Waals surface area contributed by atoms with Gasteiger partial charge in [0.2, 0.25) is 0 Å². The summed E-state index contributed by atoms with van der Waals surface area (Å²) >= 11 is 3.40. The molecule has 3 heteroatoms. The Morgan fingerprint density at radius 2 is 2.13 bits per heavy atom. The molecule has 15 heavy (non-hydrogen) atoms. The Morgan fingerprint density at radius 1 is 1.40 bits per heavy atom. The molecule has 1 aromatic carbocycles. The van der Waals surface area contributed by atoms with Crippen LogP contribution < -0.4 is 0 Å². The van der Waals surface area contributed by atoms with E-state index in [4.69, 9.17) is 4.74 Å². The molecule has 1 rings (SSSR count). The monoisotopic (exact) mass is 270 g/mol. The van der Waals surface area contributed by atoms with Crippen molar-refractivity contribution in [1.82, 2.24) is 0 Å². The van der Waals surface area contributed by atoms with Crippen molar-refractivity contribution >= 4 is 21.9 Å². The summed E-state index contributed by atoms with van der Waals surface area (Å²) in [6, 6.07) is 8.21. The summed E-state index contributed by atoms with van der Waals surface area (Å²) in [6.45, 7) is 2.28. The van der Waals surface area contributed by atoms with Crippen LogP contribution in [0.15, 0.2) is 24.3 Å². The van der Waals surface area contributed by atoms with Crippen LogP contribution >= 0.6 is 15.9 Å². The third-order valence-electron chi connectivity index (χ3n) is 2.07. The molecule has 0 saturated heterocycles. The van der Waals surface area contributed by atoms with Gasteiger partial charge in [0.05, 0.1) is 6.61 Å². The number of ether oxygens (including phenoxy) is 1. The zero-order valence-electron chi connectivity index (χ0n) is 8.83. The molecule has 1 aromatic rings. The van der Waals surface area contributed by atoms with Gasteiger partial charge < -0.3 is 4.74 Å². The van der Waals surface area contributed by atoms with Crippen LogP contribution in [0.25, 0.3) is 0 Å². The predicted molar refractivity (Wildman–Crippen MR) is 64.0 cm³/mol. The van der Waals surface area contributed by atoms with E-state index < -0.39 is 0 Å². The normalized spacial score (nSPS) is 10.0. The van der Waals surface area contributed by atoms with E-state index in [1.54, 1.807) is 0 Å². The van der Waals surface area contributed by atoms with Gasteiger partial charge in [-0.05, 0) is 24.5 Å². The Labute approximate surface area is 98.8 Å². The second-order valence-corrected chi connectivity index (χ2v) is 3.82. The fourth-order valence-corrected chi connectivity index (χ4v) is 1.70. The van der Waals surface area contributed by atoms with Gasteiger partial charge in [0.15, 0.2) is 0 Å². The van der Waals surface area contributed by atoms with Crippen LogP contribution in [0.5, 0.6) is 0 Å². The molecular formula is C12H15BrO2. The fourth-order valence-electron chi connectivity index (χ4n) is 1.35. The van der Waals surface area contributed by atoms with Crippen LogP contribution in [0, 0.1) is 0 Å². The van der Waals surface area contributed by atoms with Gasteiger partial charge in [-0.15, -0.1) is 0 Å². The van der Waals surface area contributed by atoms with Gasteiger partial charge >= 0.3 is 5.97 Å². The van der Waals surface area contributed by atoms with Gasteiger partial charge in [-0.25, -0.2) is 0 Å². The minimum atomic E-state index is -0.123. The molecule has 0 atom stereocenters. The number of rotatable bonds is 5. The number of hydrogen-bond acceptors (Lipinski definition) is 2. The van der Waals surface area contributed by atoms with E-state index >= 15 is 0 Å². The van der Waals surface area contributed by atoms with Crippen LogP contribution in [-0.2, 0) is 21.3 Å². The highest BCUT2D eigenvalue weighted by atomic mass is 79.9. The molecule has 0 bridgehead atoms. The average Bonchev–Trinajstić information content (AvgIpc) is 2.27. The maximum absolute atomic E-state index is 11.1. The van der Waals surface area contributed by atoms with Gasteiger partial charge in [0.25, 0.3) is 0 Å². The Morgan fingerprint density at radius 3 is 2.80 bits per heavy atom.